The standard InChI is InChI=1S/C18H13ClN2/c19-16-10-6-14(7-11-16)15-8-12-18(13-9-15)21-20-17-4-2-1-3-5-17/h1-13H/b21-20+. The summed E-state index contributed by atoms with van der Waals surface area (Å²) < 4.78 is 0. The van der Waals surface area contributed by atoms with Crippen LogP contribution < -0.4 is 0 Å². The minimum Gasteiger partial charge on any atom is -0.151 e. The van der Waals surface area contributed by atoms with Crippen LogP contribution in [-0.2, 0) is 0 Å². The normalized spacial score (nSPS) is 10.9. The molecule has 0 aromatic heterocycles. The SMILES string of the molecule is Clc1ccc(-c2ccc(/N=N/c3ccccc3)cc2)cc1. The van der Waals surface area contributed by atoms with Gasteiger partial charge in [-0.05, 0) is 47.5 Å². The van der Waals surface area contributed by atoms with Gasteiger partial charge in [-0.1, -0.05) is 54.1 Å². The molecule has 3 aromatic carbocycles. The fourth-order valence-corrected chi connectivity index (χ4v) is 2.10. The molecule has 21 heavy (non-hydrogen) atoms. The van der Waals surface area contributed by atoms with Gasteiger partial charge in [0.1, 0.15) is 0 Å². The van der Waals surface area contributed by atoms with Crippen molar-refractivity contribution in [3.05, 3.63) is 83.9 Å². The molecular formula is C18H13ClN2. The van der Waals surface area contributed by atoms with Gasteiger partial charge in [-0.25, -0.2) is 0 Å². The van der Waals surface area contributed by atoms with E-state index in [4.69, 9.17) is 11.6 Å². The third-order valence-electron chi connectivity index (χ3n) is 3.08. The lowest BCUT2D eigenvalue weighted by Gasteiger charge is -2.02. The second-order valence-electron chi connectivity index (χ2n) is 4.59. The van der Waals surface area contributed by atoms with Crippen molar-refractivity contribution in [2.24, 2.45) is 10.2 Å². The molecule has 0 atom stereocenters. The van der Waals surface area contributed by atoms with Crippen molar-refractivity contribution in [3.8, 4) is 11.1 Å². The van der Waals surface area contributed by atoms with Gasteiger partial charge in [-0.2, -0.15) is 10.2 Å². The maximum absolute atomic E-state index is 5.90. The molecule has 0 aliphatic carbocycles. The topological polar surface area (TPSA) is 24.7 Å². The van der Waals surface area contributed by atoms with E-state index in [0.717, 1.165) is 27.5 Å². The van der Waals surface area contributed by atoms with Crippen LogP contribution in [-0.4, -0.2) is 0 Å². The van der Waals surface area contributed by atoms with E-state index in [2.05, 4.69) is 10.2 Å². The lowest BCUT2D eigenvalue weighted by atomic mass is 10.1. The van der Waals surface area contributed by atoms with Gasteiger partial charge < -0.3 is 0 Å². The summed E-state index contributed by atoms with van der Waals surface area (Å²) >= 11 is 5.90. The first-order valence-electron chi connectivity index (χ1n) is 6.64. The first-order chi connectivity index (χ1) is 10.3. The molecule has 0 fully saturated rings. The summed E-state index contributed by atoms with van der Waals surface area (Å²) in [6, 6.07) is 25.4. The Morgan fingerprint density at radius 2 is 1.00 bits per heavy atom. The van der Waals surface area contributed by atoms with Crippen molar-refractivity contribution >= 4 is 23.0 Å². The zero-order chi connectivity index (χ0) is 14.5. The Bertz CT molecular complexity index is 732. The van der Waals surface area contributed by atoms with E-state index >= 15 is 0 Å². The molecule has 0 heterocycles. The van der Waals surface area contributed by atoms with Gasteiger partial charge in [0.25, 0.3) is 0 Å². The number of azo groups is 1. The van der Waals surface area contributed by atoms with Gasteiger partial charge in [0.2, 0.25) is 0 Å². The van der Waals surface area contributed by atoms with E-state index < -0.39 is 0 Å². The van der Waals surface area contributed by atoms with E-state index in [1.54, 1.807) is 0 Å². The molecule has 3 rings (SSSR count). The van der Waals surface area contributed by atoms with Gasteiger partial charge in [0.05, 0.1) is 11.4 Å². The van der Waals surface area contributed by atoms with Crippen molar-refractivity contribution < 1.29 is 0 Å². The van der Waals surface area contributed by atoms with Crippen LogP contribution in [0.4, 0.5) is 11.4 Å². The summed E-state index contributed by atoms with van der Waals surface area (Å²) in [6.07, 6.45) is 0. The first kappa shape index (κ1) is 13.5. The van der Waals surface area contributed by atoms with Crippen molar-refractivity contribution in [1.29, 1.82) is 0 Å². The predicted octanol–water partition coefficient (Wildman–Crippen LogP) is 6.42. The summed E-state index contributed by atoms with van der Waals surface area (Å²) in [5.74, 6) is 0. The summed E-state index contributed by atoms with van der Waals surface area (Å²) in [5.41, 5.74) is 3.94. The Labute approximate surface area is 128 Å². The van der Waals surface area contributed by atoms with Crippen LogP contribution in [0.5, 0.6) is 0 Å². The van der Waals surface area contributed by atoms with E-state index in [-0.39, 0.29) is 0 Å². The lowest BCUT2D eigenvalue weighted by Crippen LogP contribution is -1.76. The van der Waals surface area contributed by atoms with Gasteiger partial charge >= 0.3 is 0 Å². The van der Waals surface area contributed by atoms with E-state index in [1.807, 2.05) is 78.9 Å². The highest BCUT2D eigenvalue weighted by Crippen LogP contribution is 2.25. The molecule has 0 aliphatic heterocycles. The number of hydrogen-bond donors (Lipinski definition) is 0. The zero-order valence-electron chi connectivity index (χ0n) is 11.3. The molecule has 0 amide bonds. The number of nitrogens with zero attached hydrogens (tertiary/aromatic N) is 2. The van der Waals surface area contributed by atoms with Gasteiger partial charge in [-0.3, -0.25) is 0 Å². The Kier molecular flexibility index (Phi) is 4.08. The zero-order valence-corrected chi connectivity index (χ0v) is 12.0. The monoisotopic (exact) mass is 292 g/mol. The third kappa shape index (κ3) is 3.56. The van der Waals surface area contributed by atoms with Crippen molar-refractivity contribution in [1.82, 2.24) is 0 Å². The summed E-state index contributed by atoms with van der Waals surface area (Å²) in [7, 11) is 0. The quantitative estimate of drug-likeness (QED) is 0.497. The maximum atomic E-state index is 5.90. The minimum absolute atomic E-state index is 0.743. The van der Waals surface area contributed by atoms with Crippen LogP contribution in [0.2, 0.25) is 5.02 Å². The van der Waals surface area contributed by atoms with Crippen LogP contribution in [0.3, 0.4) is 0 Å². The first-order valence-corrected chi connectivity index (χ1v) is 7.02. The third-order valence-corrected chi connectivity index (χ3v) is 3.33. The Morgan fingerprint density at radius 1 is 0.524 bits per heavy atom. The molecule has 0 unspecified atom stereocenters. The Morgan fingerprint density at radius 3 is 1.57 bits per heavy atom. The van der Waals surface area contributed by atoms with Gasteiger partial charge in [-0.15, -0.1) is 0 Å². The highest BCUT2D eigenvalue weighted by molar-refractivity contribution is 6.30. The van der Waals surface area contributed by atoms with Crippen molar-refractivity contribution in [2.45, 2.75) is 0 Å². The molecule has 0 bridgehead atoms. The smallest absolute Gasteiger partial charge is 0.0857 e. The molecule has 0 aliphatic rings. The maximum Gasteiger partial charge on any atom is 0.0857 e. The number of rotatable bonds is 3. The Hall–Kier alpha value is -2.45. The molecule has 102 valence electrons. The molecule has 0 spiro atoms. The highest BCUT2D eigenvalue weighted by atomic mass is 35.5. The number of benzene rings is 3. The average molecular weight is 293 g/mol. The molecule has 0 N–H and O–H groups in total. The number of halogens is 1. The fraction of sp³-hybridized carbons (Fsp3) is 0. The van der Waals surface area contributed by atoms with Crippen LogP contribution in [0.25, 0.3) is 11.1 Å². The minimum atomic E-state index is 0.743. The van der Waals surface area contributed by atoms with E-state index in [0.29, 0.717) is 0 Å². The lowest BCUT2D eigenvalue weighted by molar-refractivity contribution is 1.23. The van der Waals surface area contributed by atoms with E-state index in [1.165, 1.54) is 0 Å². The highest BCUT2D eigenvalue weighted by Gasteiger charge is 1.98. The molecule has 3 heteroatoms. The fourth-order valence-electron chi connectivity index (χ4n) is 1.97. The molecule has 0 saturated heterocycles. The summed E-state index contributed by atoms with van der Waals surface area (Å²) in [4.78, 5) is 0. The number of hydrogen-bond acceptors (Lipinski definition) is 2. The van der Waals surface area contributed by atoms with Gasteiger partial charge in [0.15, 0.2) is 0 Å². The summed E-state index contributed by atoms with van der Waals surface area (Å²) in [5, 5.41) is 9.17. The molecule has 0 radical (unpaired) electrons. The molecule has 2 nitrogen and oxygen atoms in total. The molecule has 0 saturated carbocycles. The average Bonchev–Trinajstić information content (AvgIpc) is 2.55. The van der Waals surface area contributed by atoms with Crippen molar-refractivity contribution in [3.63, 3.8) is 0 Å². The van der Waals surface area contributed by atoms with Crippen LogP contribution in [0.15, 0.2) is 89.1 Å². The molecule has 3 aromatic rings. The van der Waals surface area contributed by atoms with Gasteiger partial charge in [0, 0.05) is 5.02 Å². The van der Waals surface area contributed by atoms with Crippen LogP contribution >= 0.6 is 11.6 Å². The largest absolute Gasteiger partial charge is 0.151 e. The predicted molar refractivity (Wildman–Crippen MR) is 87.5 cm³/mol. The second-order valence-corrected chi connectivity index (χ2v) is 5.03. The molecular weight excluding hydrogens is 280 g/mol. The Balaban J connectivity index is 1.78. The van der Waals surface area contributed by atoms with Crippen LogP contribution in [0, 0.1) is 0 Å². The summed E-state index contributed by atoms with van der Waals surface area (Å²) in [6.45, 7) is 0. The van der Waals surface area contributed by atoms with E-state index in [9.17, 15) is 0 Å². The van der Waals surface area contributed by atoms with Crippen molar-refractivity contribution in [2.75, 3.05) is 0 Å². The second kappa shape index (κ2) is 6.33. The van der Waals surface area contributed by atoms with Crippen LogP contribution in [0.1, 0.15) is 0 Å².